The molecule has 0 aliphatic carbocycles. The van der Waals surface area contributed by atoms with Gasteiger partial charge in [-0.3, -0.25) is 4.79 Å². The third-order valence-corrected chi connectivity index (χ3v) is 5.28. The van der Waals surface area contributed by atoms with Gasteiger partial charge in [-0.2, -0.15) is 0 Å². The molecule has 0 saturated heterocycles. The van der Waals surface area contributed by atoms with Gasteiger partial charge in [0, 0.05) is 11.5 Å². The van der Waals surface area contributed by atoms with Crippen molar-refractivity contribution >= 4 is 23.1 Å². The maximum Gasteiger partial charge on any atom is 0.305 e. The number of nitrogens with one attached hydrogen (secondary N) is 1. The molecule has 4 rings (SSSR count). The number of para-hydroxylation sites is 1. The van der Waals surface area contributed by atoms with Crippen LogP contribution in [0.15, 0.2) is 45.1 Å². The minimum absolute atomic E-state index is 0.0196. The van der Waals surface area contributed by atoms with Crippen LogP contribution in [0.4, 0.5) is 0 Å². The van der Waals surface area contributed by atoms with E-state index in [1.54, 1.807) is 11.8 Å². The van der Waals surface area contributed by atoms with Gasteiger partial charge in [0.15, 0.2) is 0 Å². The molecular formula is C13H9NO2S2. The Morgan fingerprint density at radius 1 is 1.33 bits per heavy atom. The number of benzene rings is 1. The summed E-state index contributed by atoms with van der Waals surface area (Å²) in [5.74, 6) is 1.12. The monoisotopic (exact) mass is 275 g/mol. The normalized spacial score (nSPS) is 20.2. The predicted octanol–water partition coefficient (Wildman–Crippen LogP) is 2.95. The SMILES string of the molecule is O=c1[nH]c2c(s1)[C@@H]1C(=CS2)COc2ccccc21. The maximum absolute atomic E-state index is 11.5. The van der Waals surface area contributed by atoms with Gasteiger partial charge in [-0.05, 0) is 17.0 Å². The fourth-order valence-corrected chi connectivity index (χ4v) is 4.53. The molecule has 0 fully saturated rings. The van der Waals surface area contributed by atoms with E-state index in [1.807, 2.05) is 18.2 Å². The quantitative estimate of drug-likeness (QED) is 0.803. The summed E-state index contributed by atoms with van der Waals surface area (Å²) < 4.78 is 5.75. The smallest absolute Gasteiger partial charge is 0.305 e. The van der Waals surface area contributed by atoms with Crippen LogP contribution in [0.25, 0.3) is 0 Å². The van der Waals surface area contributed by atoms with E-state index in [2.05, 4.69) is 16.5 Å². The van der Waals surface area contributed by atoms with Gasteiger partial charge in [0.25, 0.3) is 0 Å². The van der Waals surface area contributed by atoms with Gasteiger partial charge >= 0.3 is 4.87 Å². The molecule has 0 saturated carbocycles. The van der Waals surface area contributed by atoms with E-state index in [-0.39, 0.29) is 10.8 Å². The van der Waals surface area contributed by atoms with E-state index in [0.717, 1.165) is 21.2 Å². The molecule has 3 heterocycles. The van der Waals surface area contributed by atoms with Crippen molar-refractivity contribution in [3.8, 4) is 5.75 Å². The van der Waals surface area contributed by atoms with Crippen LogP contribution >= 0.6 is 23.1 Å². The van der Waals surface area contributed by atoms with Crippen LogP contribution in [0.1, 0.15) is 16.4 Å². The maximum atomic E-state index is 11.5. The Labute approximate surface area is 112 Å². The fourth-order valence-electron chi connectivity index (χ4n) is 2.44. The summed E-state index contributed by atoms with van der Waals surface area (Å²) in [5, 5.41) is 3.08. The number of hydrogen-bond donors (Lipinski definition) is 1. The highest BCUT2D eigenvalue weighted by molar-refractivity contribution is 8.02. The summed E-state index contributed by atoms with van der Waals surface area (Å²) in [4.78, 5) is 15.6. The summed E-state index contributed by atoms with van der Waals surface area (Å²) in [6.45, 7) is 0.611. The molecule has 1 N–H and O–H groups in total. The van der Waals surface area contributed by atoms with Crippen LogP contribution in [0, 0.1) is 0 Å². The Morgan fingerprint density at radius 3 is 3.17 bits per heavy atom. The number of aromatic nitrogens is 1. The van der Waals surface area contributed by atoms with Crippen LogP contribution in [-0.2, 0) is 0 Å². The van der Waals surface area contributed by atoms with Gasteiger partial charge in [-0.1, -0.05) is 41.3 Å². The third kappa shape index (κ3) is 1.41. The van der Waals surface area contributed by atoms with Crippen LogP contribution in [0.2, 0.25) is 0 Å². The fraction of sp³-hybridized carbons (Fsp3) is 0.154. The van der Waals surface area contributed by atoms with Crippen LogP contribution in [0.5, 0.6) is 5.75 Å². The average molecular weight is 275 g/mol. The molecule has 2 aromatic rings. The molecule has 1 atom stereocenters. The van der Waals surface area contributed by atoms with Crippen molar-refractivity contribution in [2.24, 2.45) is 0 Å². The van der Waals surface area contributed by atoms with E-state index >= 15 is 0 Å². The summed E-state index contributed by atoms with van der Waals surface area (Å²) in [7, 11) is 0. The molecule has 1 aromatic carbocycles. The summed E-state index contributed by atoms with van der Waals surface area (Å²) in [6, 6.07) is 8.06. The van der Waals surface area contributed by atoms with Gasteiger partial charge < -0.3 is 9.72 Å². The number of H-pyrrole nitrogens is 1. The zero-order chi connectivity index (χ0) is 12.1. The highest BCUT2D eigenvalue weighted by Crippen LogP contribution is 2.48. The first kappa shape index (κ1) is 10.5. The van der Waals surface area contributed by atoms with Crippen molar-refractivity contribution in [3.05, 3.63) is 55.4 Å². The van der Waals surface area contributed by atoms with Crippen molar-refractivity contribution in [2.75, 3.05) is 6.61 Å². The number of thioether (sulfide) groups is 1. The predicted molar refractivity (Wildman–Crippen MR) is 72.7 cm³/mol. The first-order valence-corrected chi connectivity index (χ1v) is 7.33. The van der Waals surface area contributed by atoms with E-state index in [0.29, 0.717) is 6.61 Å². The van der Waals surface area contributed by atoms with Gasteiger partial charge in [0.2, 0.25) is 0 Å². The molecule has 2 aliphatic rings. The number of hydrogen-bond acceptors (Lipinski definition) is 4. The third-order valence-electron chi connectivity index (χ3n) is 3.23. The number of aromatic amines is 1. The molecular weight excluding hydrogens is 266 g/mol. The average Bonchev–Trinajstić information content (AvgIpc) is 2.78. The number of thiazole rings is 1. The summed E-state index contributed by atoms with van der Waals surface area (Å²) >= 11 is 2.89. The van der Waals surface area contributed by atoms with E-state index in [1.165, 1.54) is 16.9 Å². The molecule has 0 spiro atoms. The number of rotatable bonds is 0. The lowest BCUT2D eigenvalue weighted by molar-refractivity contribution is 0.325. The first-order valence-electron chi connectivity index (χ1n) is 5.63. The van der Waals surface area contributed by atoms with Crippen molar-refractivity contribution in [1.29, 1.82) is 0 Å². The summed E-state index contributed by atoms with van der Waals surface area (Å²) in [5.41, 5.74) is 2.40. The second-order valence-electron chi connectivity index (χ2n) is 4.28. The lowest BCUT2D eigenvalue weighted by atomic mass is 9.88. The standard InChI is InChI=1S/C13H9NO2S2/c15-13-14-12-11(18-13)10-7(6-17-12)5-16-9-4-2-1-3-8(9)10/h1-4,6,10H,5H2,(H,14,15)/t10-/m1/s1. The largest absolute Gasteiger partial charge is 0.489 e. The second-order valence-corrected chi connectivity index (χ2v) is 6.17. The van der Waals surface area contributed by atoms with Crippen molar-refractivity contribution < 1.29 is 4.74 Å². The molecule has 0 radical (unpaired) electrons. The van der Waals surface area contributed by atoms with E-state index in [9.17, 15) is 4.79 Å². The Hall–Kier alpha value is -1.46. The van der Waals surface area contributed by atoms with Crippen LogP contribution in [0.3, 0.4) is 0 Å². The molecule has 1 aromatic heterocycles. The molecule has 5 heteroatoms. The topological polar surface area (TPSA) is 42.1 Å². The van der Waals surface area contributed by atoms with Crippen molar-refractivity contribution in [2.45, 2.75) is 10.9 Å². The van der Waals surface area contributed by atoms with Gasteiger partial charge in [-0.15, -0.1) is 0 Å². The first-order chi connectivity index (χ1) is 8.83. The van der Waals surface area contributed by atoms with Crippen molar-refractivity contribution in [1.82, 2.24) is 4.98 Å². The zero-order valence-electron chi connectivity index (χ0n) is 9.30. The zero-order valence-corrected chi connectivity index (χ0v) is 10.9. The Bertz CT molecular complexity index is 714. The molecule has 18 heavy (non-hydrogen) atoms. The van der Waals surface area contributed by atoms with Gasteiger partial charge in [0.1, 0.15) is 12.4 Å². The lowest BCUT2D eigenvalue weighted by Crippen LogP contribution is -2.19. The highest BCUT2D eigenvalue weighted by Gasteiger charge is 2.33. The Morgan fingerprint density at radius 2 is 2.22 bits per heavy atom. The van der Waals surface area contributed by atoms with Crippen LogP contribution < -0.4 is 9.61 Å². The molecule has 3 nitrogen and oxygen atoms in total. The van der Waals surface area contributed by atoms with E-state index in [4.69, 9.17) is 4.74 Å². The lowest BCUT2D eigenvalue weighted by Gasteiger charge is -2.30. The molecule has 2 aliphatic heterocycles. The molecule has 0 amide bonds. The molecule has 0 bridgehead atoms. The molecule has 90 valence electrons. The minimum atomic E-state index is 0.0196. The van der Waals surface area contributed by atoms with Gasteiger partial charge in [0.05, 0.1) is 9.90 Å². The Kier molecular flexibility index (Phi) is 2.19. The summed E-state index contributed by atoms with van der Waals surface area (Å²) in [6.07, 6.45) is 0. The second kappa shape index (κ2) is 3.76. The van der Waals surface area contributed by atoms with E-state index < -0.39 is 0 Å². The van der Waals surface area contributed by atoms with Crippen LogP contribution in [-0.4, -0.2) is 11.6 Å². The van der Waals surface area contributed by atoms with Crippen molar-refractivity contribution in [3.63, 3.8) is 0 Å². The highest BCUT2D eigenvalue weighted by atomic mass is 32.2. The minimum Gasteiger partial charge on any atom is -0.489 e. The van der Waals surface area contributed by atoms with Gasteiger partial charge in [-0.25, -0.2) is 0 Å². The number of fused-ring (bicyclic) bond motifs is 5. The Balaban J connectivity index is 1.97. The molecule has 0 unspecified atom stereocenters. The number of ether oxygens (including phenoxy) is 1.